The average molecular weight is 399 g/mol. The molecule has 0 spiro atoms. The van der Waals surface area contributed by atoms with E-state index in [0.717, 1.165) is 41.8 Å². The van der Waals surface area contributed by atoms with E-state index >= 15 is 0 Å². The number of fused-ring (bicyclic) bond motifs is 1. The summed E-state index contributed by atoms with van der Waals surface area (Å²) in [6, 6.07) is 19.5. The molecule has 0 saturated heterocycles. The smallest absolute Gasteiger partial charge is 0.123 e. The minimum atomic E-state index is -0.192. The third kappa shape index (κ3) is 4.46. The Balaban J connectivity index is 1.35. The summed E-state index contributed by atoms with van der Waals surface area (Å²) in [7, 11) is 0. The molecule has 0 aliphatic heterocycles. The second-order valence-corrected chi connectivity index (χ2v) is 7.95. The van der Waals surface area contributed by atoms with Crippen molar-refractivity contribution in [3.8, 4) is 0 Å². The molecule has 0 amide bonds. The highest BCUT2D eigenvalue weighted by Crippen LogP contribution is 2.23. The molecule has 0 atom stereocenters. The molecule has 2 N–H and O–H groups in total. The summed E-state index contributed by atoms with van der Waals surface area (Å²) in [5.74, 6) is -0.192. The lowest BCUT2D eigenvalue weighted by Crippen LogP contribution is -2.15. The maximum absolute atomic E-state index is 13.4. The van der Waals surface area contributed by atoms with Gasteiger partial charge in [-0.25, -0.2) is 4.39 Å². The Bertz CT molecular complexity index is 1190. The standard InChI is InChI=1S/C27H27FN2/c1-18-13-26-24(17-30-27(26)14-19(18)2)11-12-29-20(3)23-9-7-21(8-10-23)15-22-5-4-6-25(28)16-22/h4-10,13-14,16-17,29-30H,3,11-12,15H2,1-2H3. The Morgan fingerprint density at radius 2 is 1.73 bits per heavy atom. The van der Waals surface area contributed by atoms with Gasteiger partial charge in [-0.3, -0.25) is 0 Å². The number of aromatic nitrogens is 1. The molecule has 30 heavy (non-hydrogen) atoms. The van der Waals surface area contributed by atoms with Gasteiger partial charge in [0.1, 0.15) is 5.82 Å². The van der Waals surface area contributed by atoms with Crippen LogP contribution in [0.3, 0.4) is 0 Å². The second-order valence-electron chi connectivity index (χ2n) is 7.95. The van der Waals surface area contributed by atoms with Crippen LogP contribution in [0.4, 0.5) is 4.39 Å². The minimum Gasteiger partial charge on any atom is -0.385 e. The van der Waals surface area contributed by atoms with Crippen LogP contribution in [0.2, 0.25) is 0 Å². The summed E-state index contributed by atoms with van der Waals surface area (Å²) in [5.41, 5.74) is 9.26. The molecule has 0 saturated carbocycles. The zero-order chi connectivity index (χ0) is 21.1. The normalized spacial score (nSPS) is 11.0. The van der Waals surface area contributed by atoms with Crippen molar-refractivity contribution in [2.45, 2.75) is 26.7 Å². The van der Waals surface area contributed by atoms with Crippen LogP contribution >= 0.6 is 0 Å². The number of aryl methyl sites for hydroxylation is 2. The van der Waals surface area contributed by atoms with Gasteiger partial charge < -0.3 is 10.3 Å². The van der Waals surface area contributed by atoms with Crippen LogP contribution in [-0.2, 0) is 12.8 Å². The van der Waals surface area contributed by atoms with Gasteiger partial charge in [0, 0.05) is 29.3 Å². The highest BCUT2D eigenvalue weighted by Gasteiger charge is 2.06. The van der Waals surface area contributed by atoms with Crippen LogP contribution in [0.5, 0.6) is 0 Å². The molecular formula is C27H27FN2. The molecule has 0 bridgehead atoms. The predicted octanol–water partition coefficient (Wildman–Crippen LogP) is 6.32. The van der Waals surface area contributed by atoms with Gasteiger partial charge in [-0.2, -0.15) is 0 Å². The third-order valence-corrected chi connectivity index (χ3v) is 5.71. The number of nitrogens with one attached hydrogen (secondary N) is 2. The SMILES string of the molecule is C=C(NCCc1c[nH]c2cc(C)c(C)cc12)c1ccc(Cc2cccc(F)c2)cc1. The van der Waals surface area contributed by atoms with Crippen molar-refractivity contribution in [1.29, 1.82) is 0 Å². The van der Waals surface area contributed by atoms with Crippen LogP contribution in [0.25, 0.3) is 16.6 Å². The van der Waals surface area contributed by atoms with E-state index < -0.39 is 0 Å². The van der Waals surface area contributed by atoms with E-state index in [0.29, 0.717) is 0 Å². The van der Waals surface area contributed by atoms with E-state index in [9.17, 15) is 4.39 Å². The zero-order valence-electron chi connectivity index (χ0n) is 17.6. The molecule has 3 heteroatoms. The number of halogens is 1. The summed E-state index contributed by atoms with van der Waals surface area (Å²) >= 11 is 0. The Morgan fingerprint density at radius 3 is 2.50 bits per heavy atom. The lowest BCUT2D eigenvalue weighted by atomic mass is 10.0. The fourth-order valence-electron chi connectivity index (χ4n) is 3.81. The van der Waals surface area contributed by atoms with Gasteiger partial charge in [0.05, 0.1) is 0 Å². The van der Waals surface area contributed by atoms with Crippen molar-refractivity contribution in [2.24, 2.45) is 0 Å². The first-order valence-corrected chi connectivity index (χ1v) is 10.3. The molecule has 4 aromatic rings. The van der Waals surface area contributed by atoms with Gasteiger partial charge in [0.25, 0.3) is 0 Å². The Morgan fingerprint density at radius 1 is 0.967 bits per heavy atom. The summed E-state index contributed by atoms with van der Waals surface area (Å²) in [6.07, 6.45) is 3.76. The maximum atomic E-state index is 13.4. The van der Waals surface area contributed by atoms with Gasteiger partial charge in [0.15, 0.2) is 0 Å². The first-order valence-electron chi connectivity index (χ1n) is 10.3. The molecule has 152 valence electrons. The zero-order valence-corrected chi connectivity index (χ0v) is 17.6. The Kier molecular flexibility index (Phi) is 5.71. The van der Waals surface area contributed by atoms with E-state index in [2.05, 4.69) is 73.3 Å². The molecule has 1 aromatic heterocycles. The monoisotopic (exact) mass is 398 g/mol. The van der Waals surface area contributed by atoms with Gasteiger partial charge in [-0.15, -0.1) is 0 Å². The van der Waals surface area contributed by atoms with Crippen molar-refractivity contribution in [1.82, 2.24) is 10.3 Å². The first kappa shape index (κ1) is 20.0. The average Bonchev–Trinajstić information content (AvgIpc) is 3.10. The fraction of sp³-hybridized carbons (Fsp3) is 0.185. The van der Waals surface area contributed by atoms with Crippen molar-refractivity contribution in [3.63, 3.8) is 0 Å². The lowest BCUT2D eigenvalue weighted by Gasteiger charge is -2.11. The van der Waals surface area contributed by atoms with Crippen molar-refractivity contribution in [3.05, 3.63) is 113 Å². The molecular weight excluding hydrogens is 371 g/mol. The first-order chi connectivity index (χ1) is 14.5. The largest absolute Gasteiger partial charge is 0.385 e. The Labute approximate surface area is 177 Å². The maximum Gasteiger partial charge on any atom is 0.123 e. The van der Waals surface area contributed by atoms with Gasteiger partial charge in [-0.1, -0.05) is 43.0 Å². The Hall–Kier alpha value is -3.33. The number of hydrogen-bond acceptors (Lipinski definition) is 1. The van der Waals surface area contributed by atoms with E-state index in [1.165, 1.54) is 33.7 Å². The quantitative estimate of drug-likeness (QED) is 0.375. The number of rotatable bonds is 7. The molecule has 0 aliphatic rings. The molecule has 0 radical (unpaired) electrons. The number of benzene rings is 3. The van der Waals surface area contributed by atoms with E-state index in [4.69, 9.17) is 0 Å². The van der Waals surface area contributed by atoms with Crippen molar-refractivity contribution < 1.29 is 4.39 Å². The van der Waals surface area contributed by atoms with E-state index in [1.807, 2.05) is 6.07 Å². The predicted molar refractivity (Wildman–Crippen MR) is 124 cm³/mol. The molecule has 1 heterocycles. The summed E-state index contributed by atoms with van der Waals surface area (Å²) in [4.78, 5) is 3.38. The summed E-state index contributed by atoms with van der Waals surface area (Å²) < 4.78 is 13.4. The lowest BCUT2D eigenvalue weighted by molar-refractivity contribution is 0.626. The number of H-pyrrole nitrogens is 1. The van der Waals surface area contributed by atoms with E-state index in [-0.39, 0.29) is 5.82 Å². The van der Waals surface area contributed by atoms with E-state index in [1.54, 1.807) is 12.1 Å². The molecule has 2 nitrogen and oxygen atoms in total. The highest BCUT2D eigenvalue weighted by atomic mass is 19.1. The highest BCUT2D eigenvalue weighted by molar-refractivity contribution is 5.84. The van der Waals surface area contributed by atoms with Gasteiger partial charge >= 0.3 is 0 Å². The van der Waals surface area contributed by atoms with Crippen molar-refractivity contribution >= 4 is 16.6 Å². The number of aromatic amines is 1. The van der Waals surface area contributed by atoms with Crippen LogP contribution in [0.1, 0.15) is 33.4 Å². The minimum absolute atomic E-state index is 0.192. The van der Waals surface area contributed by atoms with Crippen LogP contribution in [0.15, 0.2) is 73.4 Å². The molecule has 4 rings (SSSR count). The second kappa shape index (κ2) is 8.58. The summed E-state index contributed by atoms with van der Waals surface area (Å²) in [6.45, 7) is 9.31. The summed E-state index contributed by atoms with van der Waals surface area (Å²) in [5, 5.41) is 4.74. The van der Waals surface area contributed by atoms with Gasteiger partial charge in [0.2, 0.25) is 0 Å². The van der Waals surface area contributed by atoms with Crippen LogP contribution < -0.4 is 5.32 Å². The molecule has 3 aromatic carbocycles. The van der Waals surface area contributed by atoms with Gasteiger partial charge in [-0.05, 0) is 84.3 Å². The van der Waals surface area contributed by atoms with Crippen molar-refractivity contribution in [2.75, 3.05) is 6.54 Å². The molecule has 0 unspecified atom stereocenters. The molecule has 0 aliphatic carbocycles. The van der Waals surface area contributed by atoms with Crippen LogP contribution in [-0.4, -0.2) is 11.5 Å². The third-order valence-electron chi connectivity index (χ3n) is 5.71. The molecule has 0 fully saturated rings. The topological polar surface area (TPSA) is 27.8 Å². The number of hydrogen-bond donors (Lipinski definition) is 2. The van der Waals surface area contributed by atoms with Crippen LogP contribution in [0, 0.1) is 19.7 Å². The fourth-order valence-corrected chi connectivity index (χ4v) is 3.81.